The maximum absolute atomic E-state index is 13.1. The summed E-state index contributed by atoms with van der Waals surface area (Å²) in [5, 5.41) is 21.3. The third-order valence-corrected chi connectivity index (χ3v) is 2.97. The van der Waals surface area contributed by atoms with Gasteiger partial charge in [-0.15, -0.1) is 0 Å². The minimum Gasteiger partial charge on any atom is -0.478 e. The number of aromatic nitrogens is 1. The molecule has 0 saturated carbocycles. The quantitative estimate of drug-likeness (QED) is 0.757. The first kappa shape index (κ1) is 14.9. The predicted octanol–water partition coefficient (Wildman–Crippen LogP) is 1.93. The van der Waals surface area contributed by atoms with E-state index in [-0.39, 0.29) is 18.0 Å². The molecule has 0 aliphatic rings. The fraction of sp³-hybridized carbons (Fsp3) is 0.200. The van der Waals surface area contributed by atoms with Crippen LogP contribution in [0.15, 0.2) is 42.6 Å². The monoisotopic (exact) mass is 290 g/mol. The number of carbonyl (C=O) groups is 1. The molecule has 3 N–H and O–H groups in total. The number of pyridine rings is 1. The summed E-state index contributed by atoms with van der Waals surface area (Å²) < 4.78 is 13.1. The van der Waals surface area contributed by atoms with Crippen LogP contribution < -0.4 is 5.32 Å². The van der Waals surface area contributed by atoms with Gasteiger partial charge in [0.1, 0.15) is 17.2 Å². The van der Waals surface area contributed by atoms with Crippen LogP contribution in [0.1, 0.15) is 15.9 Å². The molecule has 0 radical (unpaired) electrons. The Morgan fingerprint density at radius 1 is 1.33 bits per heavy atom. The highest BCUT2D eigenvalue weighted by Gasteiger charge is 2.16. The predicted molar refractivity (Wildman–Crippen MR) is 75.8 cm³/mol. The molecule has 0 aliphatic carbocycles. The number of anilines is 1. The summed E-state index contributed by atoms with van der Waals surface area (Å²) in [6, 6.07) is 9.93. The van der Waals surface area contributed by atoms with E-state index in [1.54, 1.807) is 0 Å². The first-order valence-corrected chi connectivity index (χ1v) is 6.40. The van der Waals surface area contributed by atoms with E-state index in [0.29, 0.717) is 6.42 Å². The van der Waals surface area contributed by atoms with Gasteiger partial charge in [-0.25, -0.2) is 14.2 Å². The van der Waals surface area contributed by atoms with Gasteiger partial charge in [0.25, 0.3) is 0 Å². The van der Waals surface area contributed by atoms with Crippen LogP contribution >= 0.6 is 0 Å². The maximum atomic E-state index is 13.1. The Morgan fingerprint density at radius 3 is 2.67 bits per heavy atom. The van der Waals surface area contributed by atoms with E-state index in [2.05, 4.69) is 10.3 Å². The van der Waals surface area contributed by atoms with Crippen LogP contribution in [-0.4, -0.2) is 33.8 Å². The van der Waals surface area contributed by atoms with Crippen LogP contribution in [0.5, 0.6) is 0 Å². The van der Waals surface area contributed by atoms with Crippen molar-refractivity contribution in [3.8, 4) is 0 Å². The minimum absolute atomic E-state index is 0.0406. The second-order valence-corrected chi connectivity index (χ2v) is 4.57. The van der Waals surface area contributed by atoms with E-state index in [4.69, 9.17) is 5.11 Å². The van der Waals surface area contributed by atoms with Gasteiger partial charge < -0.3 is 15.5 Å². The third kappa shape index (κ3) is 4.00. The van der Waals surface area contributed by atoms with Crippen LogP contribution in [0.2, 0.25) is 0 Å². The van der Waals surface area contributed by atoms with Gasteiger partial charge in [0, 0.05) is 0 Å². The normalized spacial score (nSPS) is 11.9. The molecule has 2 aromatic rings. The van der Waals surface area contributed by atoms with Crippen molar-refractivity contribution in [2.45, 2.75) is 12.5 Å². The van der Waals surface area contributed by atoms with Gasteiger partial charge in [-0.2, -0.15) is 0 Å². The number of aliphatic hydroxyl groups excluding tert-OH is 1. The first-order valence-electron chi connectivity index (χ1n) is 6.40. The summed E-state index contributed by atoms with van der Waals surface area (Å²) in [5.74, 6) is -1.96. The molecule has 1 aromatic heterocycles. The molecule has 1 aromatic carbocycles. The Bertz CT molecular complexity index is 620. The van der Waals surface area contributed by atoms with Gasteiger partial charge in [-0.3, -0.25) is 0 Å². The number of aliphatic hydroxyl groups is 1. The van der Waals surface area contributed by atoms with E-state index in [1.807, 2.05) is 30.3 Å². The van der Waals surface area contributed by atoms with Crippen molar-refractivity contribution in [2.24, 2.45) is 0 Å². The number of rotatable bonds is 6. The summed E-state index contributed by atoms with van der Waals surface area (Å²) in [6.07, 6.45) is 1.43. The molecule has 5 nitrogen and oxygen atoms in total. The van der Waals surface area contributed by atoms with E-state index >= 15 is 0 Å². The molecule has 0 aliphatic heterocycles. The zero-order valence-electron chi connectivity index (χ0n) is 11.2. The number of hydrogen-bond donors (Lipinski definition) is 3. The van der Waals surface area contributed by atoms with Gasteiger partial charge in [-0.05, 0) is 18.1 Å². The van der Waals surface area contributed by atoms with Gasteiger partial charge in [-0.1, -0.05) is 30.3 Å². The van der Waals surface area contributed by atoms with Gasteiger partial charge in [0.05, 0.1) is 18.8 Å². The highest BCUT2D eigenvalue weighted by Crippen LogP contribution is 2.16. The lowest BCUT2D eigenvalue weighted by Crippen LogP contribution is -2.28. The van der Waals surface area contributed by atoms with Crippen LogP contribution in [-0.2, 0) is 6.42 Å². The molecular formula is C15H15FN2O3. The molecule has 1 heterocycles. The maximum Gasteiger partial charge on any atom is 0.339 e. The SMILES string of the molecule is O=C(O)c1cc(F)cnc1NC(CO)Cc1ccccc1. The molecule has 0 fully saturated rings. The Kier molecular flexibility index (Phi) is 4.84. The summed E-state index contributed by atoms with van der Waals surface area (Å²) in [7, 11) is 0. The Balaban J connectivity index is 2.17. The van der Waals surface area contributed by atoms with Crippen molar-refractivity contribution in [3.05, 3.63) is 59.5 Å². The lowest BCUT2D eigenvalue weighted by atomic mass is 10.1. The van der Waals surface area contributed by atoms with Gasteiger partial charge in [0.2, 0.25) is 0 Å². The molecule has 2 rings (SSSR count). The molecule has 110 valence electrons. The molecule has 1 unspecified atom stereocenters. The zero-order chi connectivity index (χ0) is 15.2. The molecule has 0 spiro atoms. The van der Waals surface area contributed by atoms with Crippen molar-refractivity contribution < 1.29 is 19.4 Å². The molecule has 21 heavy (non-hydrogen) atoms. The van der Waals surface area contributed by atoms with Crippen LogP contribution in [0.3, 0.4) is 0 Å². The average molecular weight is 290 g/mol. The fourth-order valence-electron chi connectivity index (χ4n) is 1.97. The van der Waals surface area contributed by atoms with E-state index in [9.17, 15) is 14.3 Å². The molecule has 0 saturated heterocycles. The number of benzene rings is 1. The van der Waals surface area contributed by atoms with E-state index in [0.717, 1.165) is 17.8 Å². The molecule has 1 atom stereocenters. The van der Waals surface area contributed by atoms with Crippen molar-refractivity contribution in [3.63, 3.8) is 0 Å². The minimum atomic E-state index is -1.28. The third-order valence-electron chi connectivity index (χ3n) is 2.97. The second kappa shape index (κ2) is 6.81. The first-order chi connectivity index (χ1) is 10.1. The summed E-state index contributed by atoms with van der Waals surface area (Å²) >= 11 is 0. The lowest BCUT2D eigenvalue weighted by molar-refractivity contribution is 0.0697. The van der Waals surface area contributed by atoms with Crippen molar-refractivity contribution >= 4 is 11.8 Å². The van der Waals surface area contributed by atoms with Crippen LogP contribution in [0.4, 0.5) is 10.2 Å². The Morgan fingerprint density at radius 2 is 2.05 bits per heavy atom. The molecular weight excluding hydrogens is 275 g/mol. The number of hydrogen-bond acceptors (Lipinski definition) is 4. The number of halogens is 1. The van der Waals surface area contributed by atoms with E-state index < -0.39 is 17.8 Å². The Hall–Kier alpha value is -2.47. The van der Waals surface area contributed by atoms with Crippen molar-refractivity contribution in [1.82, 2.24) is 4.98 Å². The largest absolute Gasteiger partial charge is 0.478 e. The summed E-state index contributed by atoms with van der Waals surface area (Å²) in [4.78, 5) is 14.8. The highest BCUT2D eigenvalue weighted by atomic mass is 19.1. The zero-order valence-corrected chi connectivity index (χ0v) is 11.2. The number of nitrogens with zero attached hydrogens (tertiary/aromatic N) is 1. The summed E-state index contributed by atoms with van der Waals surface area (Å²) in [5.41, 5.74) is 0.726. The highest BCUT2D eigenvalue weighted by molar-refractivity contribution is 5.93. The number of carboxylic acids is 1. The van der Waals surface area contributed by atoms with Crippen molar-refractivity contribution in [1.29, 1.82) is 0 Å². The van der Waals surface area contributed by atoms with E-state index in [1.165, 1.54) is 0 Å². The van der Waals surface area contributed by atoms with Crippen LogP contribution in [0.25, 0.3) is 0 Å². The van der Waals surface area contributed by atoms with Gasteiger partial charge in [0.15, 0.2) is 0 Å². The molecule has 6 heteroatoms. The van der Waals surface area contributed by atoms with Gasteiger partial charge >= 0.3 is 5.97 Å². The standard InChI is InChI=1S/C15H15FN2O3/c16-11-7-13(15(20)21)14(17-8-11)18-12(9-19)6-10-4-2-1-3-5-10/h1-5,7-8,12,19H,6,9H2,(H,17,18)(H,20,21). The lowest BCUT2D eigenvalue weighted by Gasteiger charge is -2.18. The number of nitrogens with one attached hydrogen (secondary N) is 1. The smallest absolute Gasteiger partial charge is 0.339 e. The Labute approximate surface area is 121 Å². The fourth-order valence-corrected chi connectivity index (χ4v) is 1.97. The van der Waals surface area contributed by atoms with Crippen molar-refractivity contribution in [2.75, 3.05) is 11.9 Å². The second-order valence-electron chi connectivity index (χ2n) is 4.57. The number of aromatic carboxylic acids is 1. The summed E-state index contributed by atoms with van der Waals surface area (Å²) in [6.45, 7) is -0.201. The number of carboxylic acid groups (broad SMARTS) is 1. The van der Waals surface area contributed by atoms with Crippen LogP contribution in [0, 0.1) is 5.82 Å². The topological polar surface area (TPSA) is 82.5 Å². The molecule has 0 amide bonds. The average Bonchev–Trinajstić information content (AvgIpc) is 2.49. The molecule has 0 bridgehead atoms.